The van der Waals surface area contributed by atoms with Gasteiger partial charge in [0.05, 0.1) is 11.6 Å². The van der Waals surface area contributed by atoms with Crippen LogP contribution in [-0.2, 0) is 4.74 Å². The van der Waals surface area contributed by atoms with Crippen LogP contribution >= 0.6 is 0 Å². The van der Waals surface area contributed by atoms with Crippen LogP contribution in [0.2, 0.25) is 0 Å². The van der Waals surface area contributed by atoms with Gasteiger partial charge in [-0.15, -0.1) is 0 Å². The van der Waals surface area contributed by atoms with Crippen LogP contribution in [-0.4, -0.2) is 32.7 Å². The third-order valence-corrected chi connectivity index (χ3v) is 2.04. The van der Waals surface area contributed by atoms with Crippen molar-refractivity contribution in [3.8, 4) is 0 Å². The molecule has 1 unspecified atom stereocenters. The minimum Gasteiger partial charge on any atom is -0.478 e. The van der Waals surface area contributed by atoms with Crippen molar-refractivity contribution in [2.24, 2.45) is 0 Å². The normalized spacial score (nSPS) is 12.6. The van der Waals surface area contributed by atoms with Crippen molar-refractivity contribution in [3.05, 3.63) is 23.8 Å². The van der Waals surface area contributed by atoms with E-state index in [1.807, 2.05) is 0 Å². The van der Waals surface area contributed by atoms with Crippen LogP contribution < -0.4 is 5.32 Å². The number of alkyl carbamates (subject to hydrolysis) is 1. The second-order valence-electron chi connectivity index (χ2n) is 5.00. The number of carboxylic acids is 1. The maximum atomic E-state index is 11.5. The number of aromatic carboxylic acids is 1. The molecule has 0 aliphatic rings. The lowest BCUT2D eigenvalue weighted by atomic mass is 10.2. The first-order valence-corrected chi connectivity index (χ1v) is 5.74. The lowest BCUT2D eigenvalue weighted by molar-refractivity contribution is 0.0504. The zero-order valence-electron chi connectivity index (χ0n) is 11.3. The lowest BCUT2D eigenvalue weighted by Gasteiger charge is -2.21. The summed E-state index contributed by atoms with van der Waals surface area (Å²) in [4.78, 5) is 30.0. The molecule has 0 aliphatic heterocycles. The van der Waals surface area contributed by atoms with E-state index in [2.05, 4.69) is 15.3 Å². The van der Waals surface area contributed by atoms with E-state index in [0.717, 1.165) is 0 Å². The molecule has 7 heteroatoms. The molecule has 2 N–H and O–H groups in total. The molecule has 0 spiro atoms. The first kappa shape index (κ1) is 14.9. The predicted octanol–water partition coefficient (Wildman–Crippen LogP) is 1.76. The van der Waals surface area contributed by atoms with Gasteiger partial charge in [0.25, 0.3) is 0 Å². The van der Waals surface area contributed by atoms with E-state index < -0.39 is 23.7 Å². The largest absolute Gasteiger partial charge is 0.478 e. The third-order valence-electron chi connectivity index (χ3n) is 2.04. The maximum absolute atomic E-state index is 11.5. The van der Waals surface area contributed by atoms with E-state index in [1.54, 1.807) is 27.7 Å². The minimum absolute atomic E-state index is 0.00628. The number of rotatable bonds is 3. The summed E-state index contributed by atoms with van der Waals surface area (Å²) in [6.45, 7) is 6.96. The van der Waals surface area contributed by atoms with Gasteiger partial charge in [-0.25, -0.2) is 19.6 Å². The molecule has 0 saturated carbocycles. The molecule has 1 rings (SSSR count). The standard InChI is InChI=1S/C12H17N3O4/c1-7(15-11(18)19-12(2,3)4)9-13-5-8(6-14-9)10(16)17/h5-7H,1-4H3,(H,15,18)(H,16,17). The fourth-order valence-corrected chi connectivity index (χ4v) is 1.22. The van der Waals surface area contributed by atoms with Gasteiger partial charge in [0, 0.05) is 12.4 Å². The summed E-state index contributed by atoms with van der Waals surface area (Å²) in [7, 11) is 0. The molecule has 0 radical (unpaired) electrons. The molecule has 1 aromatic rings. The minimum atomic E-state index is -1.10. The van der Waals surface area contributed by atoms with E-state index in [4.69, 9.17) is 9.84 Å². The Hall–Kier alpha value is -2.18. The Bertz CT molecular complexity index is 465. The molecule has 0 fully saturated rings. The molecule has 1 atom stereocenters. The average Bonchev–Trinajstić information content (AvgIpc) is 2.26. The summed E-state index contributed by atoms with van der Waals surface area (Å²) in [6, 6.07) is -0.474. The molecule has 1 amide bonds. The van der Waals surface area contributed by atoms with Crippen LogP contribution in [0.25, 0.3) is 0 Å². The van der Waals surface area contributed by atoms with E-state index >= 15 is 0 Å². The maximum Gasteiger partial charge on any atom is 0.408 e. The van der Waals surface area contributed by atoms with Gasteiger partial charge in [0.2, 0.25) is 0 Å². The highest BCUT2D eigenvalue weighted by atomic mass is 16.6. The smallest absolute Gasteiger partial charge is 0.408 e. The molecule has 104 valence electrons. The Balaban J connectivity index is 2.65. The highest BCUT2D eigenvalue weighted by Gasteiger charge is 2.19. The number of nitrogens with one attached hydrogen (secondary N) is 1. The zero-order chi connectivity index (χ0) is 14.6. The van der Waals surface area contributed by atoms with Gasteiger partial charge in [-0.1, -0.05) is 0 Å². The van der Waals surface area contributed by atoms with Crippen molar-refractivity contribution in [2.75, 3.05) is 0 Å². The fourth-order valence-electron chi connectivity index (χ4n) is 1.22. The van der Waals surface area contributed by atoms with E-state index in [9.17, 15) is 9.59 Å². The van der Waals surface area contributed by atoms with Gasteiger partial charge in [0.15, 0.2) is 0 Å². The van der Waals surface area contributed by atoms with E-state index in [1.165, 1.54) is 12.4 Å². The van der Waals surface area contributed by atoms with Crippen LogP contribution in [0.3, 0.4) is 0 Å². The number of amides is 1. The quantitative estimate of drug-likeness (QED) is 0.865. The molecular weight excluding hydrogens is 250 g/mol. The number of carboxylic acid groups (broad SMARTS) is 1. The van der Waals surface area contributed by atoms with Gasteiger partial charge < -0.3 is 15.2 Å². The van der Waals surface area contributed by atoms with Crippen LogP contribution in [0.5, 0.6) is 0 Å². The van der Waals surface area contributed by atoms with Crippen LogP contribution in [0, 0.1) is 0 Å². The van der Waals surface area contributed by atoms with Gasteiger partial charge in [-0.05, 0) is 27.7 Å². The third kappa shape index (κ3) is 4.90. The second-order valence-corrected chi connectivity index (χ2v) is 5.00. The summed E-state index contributed by atoms with van der Waals surface area (Å²) < 4.78 is 5.09. The van der Waals surface area contributed by atoms with Crippen molar-refractivity contribution >= 4 is 12.1 Å². The zero-order valence-corrected chi connectivity index (χ0v) is 11.3. The Morgan fingerprint density at radius 2 is 1.84 bits per heavy atom. The van der Waals surface area contributed by atoms with Crippen LogP contribution in [0.1, 0.15) is 49.9 Å². The lowest BCUT2D eigenvalue weighted by Crippen LogP contribution is -2.34. The number of hydrogen-bond donors (Lipinski definition) is 2. The Morgan fingerprint density at radius 1 is 1.32 bits per heavy atom. The Labute approximate surface area is 111 Å². The fraction of sp³-hybridized carbons (Fsp3) is 0.500. The van der Waals surface area contributed by atoms with Crippen molar-refractivity contribution < 1.29 is 19.4 Å². The molecule has 0 saturated heterocycles. The summed E-state index contributed by atoms with van der Waals surface area (Å²) in [6.07, 6.45) is 1.81. The summed E-state index contributed by atoms with van der Waals surface area (Å²) in [5.74, 6) is -0.782. The van der Waals surface area contributed by atoms with Gasteiger partial charge in [-0.2, -0.15) is 0 Å². The van der Waals surface area contributed by atoms with Crippen LogP contribution in [0.15, 0.2) is 12.4 Å². The molecule has 19 heavy (non-hydrogen) atoms. The van der Waals surface area contributed by atoms with E-state index in [-0.39, 0.29) is 5.56 Å². The van der Waals surface area contributed by atoms with Crippen molar-refractivity contribution in [1.82, 2.24) is 15.3 Å². The first-order valence-electron chi connectivity index (χ1n) is 5.74. The number of aromatic nitrogens is 2. The topological polar surface area (TPSA) is 101 Å². The van der Waals surface area contributed by atoms with Crippen molar-refractivity contribution in [1.29, 1.82) is 0 Å². The number of ether oxygens (including phenoxy) is 1. The number of carbonyl (C=O) groups is 2. The summed E-state index contributed by atoms with van der Waals surface area (Å²) in [5, 5.41) is 11.3. The van der Waals surface area contributed by atoms with Crippen LogP contribution in [0.4, 0.5) is 4.79 Å². The summed E-state index contributed by atoms with van der Waals surface area (Å²) >= 11 is 0. The number of carbonyl (C=O) groups excluding carboxylic acids is 1. The Kier molecular flexibility index (Phi) is 4.42. The molecule has 7 nitrogen and oxygen atoms in total. The molecule has 1 aromatic heterocycles. The van der Waals surface area contributed by atoms with Crippen molar-refractivity contribution in [3.63, 3.8) is 0 Å². The van der Waals surface area contributed by atoms with Crippen molar-refractivity contribution in [2.45, 2.75) is 39.3 Å². The number of hydrogen-bond acceptors (Lipinski definition) is 5. The molecule has 0 bridgehead atoms. The highest BCUT2D eigenvalue weighted by molar-refractivity contribution is 5.86. The monoisotopic (exact) mass is 267 g/mol. The molecular formula is C12H17N3O4. The first-order chi connectivity index (χ1) is 8.69. The molecule has 1 heterocycles. The molecule has 0 aliphatic carbocycles. The highest BCUT2D eigenvalue weighted by Crippen LogP contribution is 2.10. The summed E-state index contributed by atoms with van der Waals surface area (Å²) in [5.41, 5.74) is -0.592. The number of nitrogens with zero attached hydrogens (tertiary/aromatic N) is 2. The average molecular weight is 267 g/mol. The SMILES string of the molecule is CC(NC(=O)OC(C)(C)C)c1ncc(C(=O)O)cn1. The van der Waals surface area contributed by atoms with Gasteiger partial charge >= 0.3 is 12.1 Å². The second kappa shape index (κ2) is 5.64. The van der Waals surface area contributed by atoms with Gasteiger partial charge in [-0.3, -0.25) is 0 Å². The Morgan fingerprint density at radius 3 is 2.26 bits per heavy atom. The van der Waals surface area contributed by atoms with Gasteiger partial charge in [0.1, 0.15) is 11.4 Å². The van der Waals surface area contributed by atoms with E-state index in [0.29, 0.717) is 5.82 Å². The predicted molar refractivity (Wildman–Crippen MR) is 66.8 cm³/mol. The molecule has 0 aromatic carbocycles.